The van der Waals surface area contributed by atoms with Gasteiger partial charge in [0.05, 0.1) is 0 Å². The Morgan fingerprint density at radius 3 is 0.770 bits per heavy atom. The summed E-state index contributed by atoms with van der Waals surface area (Å²) in [4.78, 5) is 38.1. The van der Waals surface area contributed by atoms with E-state index in [1.54, 1.807) is 0 Å². The third-order valence-electron chi connectivity index (χ3n) is 15.2. The van der Waals surface area contributed by atoms with Crippen LogP contribution in [0, 0.1) is 0 Å². The van der Waals surface area contributed by atoms with Crippen molar-refractivity contribution in [1.29, 1.82) is 0 Å². The van der Waals surface area contributed by atoms with Gasteiger partial charge in [0.25, 0.3) is 0 Å². The predicted octanol–water partition coefficient (Wildman–Crippen LogP) is 22.6. The highest BCUT2D eigenvalue weighted by Gasteiger charge is 2.19. The molecule has 0 amide bonds. The van der Waals surface area contributed by atoms with Crippen molar-refractivity contribution >= 4 is 17.9 Å². The van der Waals surface area contributed by atoms with Crippen LogP contribution in [-0.2, 0) is 28.6 Å². The van der Waals surface area contributed by atoms with Crippen LogP contribution in [0.25, 0.3) is 0 Å². The monoisotopic (exact) mass is 1040 g/mol. The number of hydrogen-bond acceptors (Lipinski definition) is 6. The lowest BCUT2D eigenvalue weighted by Gasteiger charge is -2.18. The highest BCUT2D eigenvalue weighted by Crippen LogP contribution is 2.18. The van der Waals surface area contributed by atoms with Crippen molar-refractivity contribution in [3.05, 3.63) is 24.3 Å². The van der Waals surface area contributed by atoms with Gasteiger partial charge in [-0.15, -0.1) is 0 Å². The molecular formula is C68H128O6. The first-order chi connectivity index (χ1) is 36.5. The zero-order chi connectivity index (χ0) is 53.6. The van der Waals surface area contributed by atoms with Gasteiger partial charge in [0.2, 0.25) is 0 Å². The van der Waals surface area contributed by atoms with Crippen LogP contribution in [0.1, 0.15) is 374 Å². The topological polar surface area (TPSA) is 78.9 Å². The second kappa shape index (κ2) is 63.4. The number of hydrogen-bond donors (Lipinski definition) is 0. The van der Waals surface area contributed by atoms with E-state index in [0.717, 1.165) is 70.6 Å². The first-order valence-corrected chi connectivity index (χ1v) is 33.3. The van der Waals surface area contributed by atoms with E-state index in [4.69, 9.17) is 14.2 Å². The summed E-state index contributed by atoms with van der Waals surface area (Å²) >= 11 is 0. The maximum Gasteiger partial charge on any atom is 0.306 e. The van der Waals surface area contributed by atoms with Crippen LogP contribution in [0.2, 0.25) is 0 Å². The van der Waals surface area contributed by atoms with E-state index in [1.165, 1.54) is 263 Å². The van der Waals surface area contributed by atoms with Crippen molar-refractivity contribution in [3.63, 3.8) is 0 Å². The molecule has 0 saturated carbocycles. The molecule has 0 aliphatic carbocycles. The normalized spacial score (nSPS) is 12.1. The molecule has 0 aliphatic rings. The Hall–Kier alpha value is -2.11. The fraction of sp³-hybridized carbons (Fsp3) is 0.897. The first-order valence-electron chi connectivity index (χ1n) is 33.3. The summed E-state index contributed by atoms with van der Waals surface area (Å²) in [6.07, 6.45) is 76.6. The molecule has 74 heavy (non-hydrogen) atoms. The van der Waals surface area contributed by atoms with Crippen molar-refractivity contribution in [1.82, 2.24) is 0 Å². The Kier molecular flexibility index (Phi) is 61.6. The van der Waals surface area contributed by atoms with Crippen LogP contribution < -0.4 is 0 Å². The van der Waals surface area contributed by atoms with Gasteiger partial charge in [-0.3, -0.25) is 14.4 Å². The summed E-state index contributed by atoms with van der Waals surface area (Å²) in [5, 5.41) is 0. The van der Waals surface area contributed by atoms with Crippen LogP contribution in [0.4, 0.5) is 0 Å². The van der Waals surface area contributed by atoms with Gasteiger partial charge >= 0.3 is 17.9 Å². The summed E-state index contributed by atoms with van der Waals surface area (Å²) in [7, 11) is 0. The van der Waals surface area contributed by atoms with Crippen LogP contribution in [0.3, 0.4) is 0 Å². The number of ether oxygens (including phenoxy) is 3. The number of esters is 3. The fourth-order valence-corrected chi connectivity index (χ4v) is 10.2. The predicted molar refractivity (Wildman–Crippen MR) is 321 cm³/mol. The quantitative estimate of drug-likeness (QED) is 0.0261. The van der Waals surface area contributed by atoms with E-state index in [0.29, 0.717) is 19.3 Å². The van der Waals surface area contributed by atoms with Gasteiger partial charge in [0.1, 0.15) is 13.2 Å². The molecule has 0 aromatic carbocycles. The molecule has 1 unspecified atom stereocenters. The SMILES string of the molecule is CCCCC/C=C\C/C=C\CCCCCCCCCC(=O)OC(COC(=O)CCCCCCCCCC)COC(=O)CCCCCCCCCCCCCCCCCCCCCCCCCCCCCCCCC. The lowest BCUT2D eigenvalue weighted by molar-refractivity contribution is -0.167. The van der Waals surface area contributed by atoms with Crippen LogP contribution in [0.5, 0.6) is 0 Å². The molecule has 0 aliphatic heterocycles. The summed E-state index contributed by atoms with van der Waals surface area (Å²) in [5.41, 5.74) is 0. The maximum atomic E-state index is 12.8. The third-order valence-corrected chi connectivity index (χ3v) is 15.2. The largest absolute Gasteiger partial charge is 0.462 e. The molecule has 6 nitrogen and oxygen atoms in total. The summed E-state index contributed by atoms with van der Waals surface area (Å²) in [6, 6.07) is 0. The molecule has 0 heterocycles. The van der Waals surface area contributed by atoms with Crippen molar-refractivity contribution in [2.75, 3.05) is 13.2 Å². The van der Waals surface area contributed by atoms with Gasteiger partial charge < -0.3 is 14.2 Å². The molecule has 0 spiro atoms. The highest BCUT2D eigenvalue weighted by molar-refractivity contribution is 5.71. The Morgan fingerprint density at radius 1 is 0.270 bits per heavy atom. The number of rotatable bonds is 62. The van der Waals surface area contributed by atoms with E-state index in [9.17, 15) is 14.4 Å². The molecule has 0 aromatic rings. The smallest absolute Gasteiger partial charge is 0.306 e. The van der Waals surface area contributed by atoms with E-state index in [-0.39, 0.29) is 31.1 Å². The van der Waals surface area contributed by atoms with Gasteiger partial charge in [-0.2, -0.15) is 0 Å². The van der Waals surface area contributed by atoms with E-state index in [1.807, 2.05) is 0 Å². The van der Waals surface area contributed by atoms with Crippen molar-refractivity contribution < 1.29 is 28.6 Å². The second-order valence-corrected chi connectivity index (χ2v) is 22.7. The average molecular weight is 1040 g/mol. The molecule has 0 N–H and O–H groups in total. The number of carbonyl (C=O) groups excluding carboxylic acids is 3. The summed E-state index contributed by atoms with van der Waals surface area (Å²) in [6.45, 7) is 6.64. The van der Waals surface area contributed by atoms with Crippen molar-refractivity contribution in [2.45, 2.75) is 380 Å². The fourth-order valence-electron chi connectivity index (χ4n) is 10.2. The number of unbranched alkanes of at least 4 members (excludes halogenated alkanes) is 47. The minimum atomic E-state index is -0.770. The van der Waals surface area contributed by atoms with Crippen LogP contribution in [-0.4, -0.2) is 37.2 Å². The van der Waals surface area contributed by atoms with Gasteiger partial charge in [0, 0.05) is 19.3 Å². The van der Waals surface area contributed by atoms with Gasteiger partial charge in [-0.25, -0.2) is 0 Å². The Labute approximate surface area is 462 Å². The standard InChI is InChI=1S/C68H128O6/c1-4-7-10-13-16-19-21-23-25-27-28-29-30-31-32-33-34-35-36-37-38-39-40-42-43-45-47-49-52-55-58-61-67(70)73-64-65(63-72-66(69)60-57-54-51-18-15-12-9-6-3)74-68(71)62-59-56-53-50-48-46-44-41-26-24-22-20-17-14-11-8-5-2/h17,20,24,26,65H,4-16,18-19,21-23,25,27-64H2,1-3H3/b20-17-,26-24-. The summed E-state index contributed by atoms with van der Waals surface area (Å²) < 4.78 is 16.9. The van der Waals surface area contributed by atoms with E-state index in [2.05, 4.69) is 45.1 Å². The Morgan fingerprint density at radius 2 is 0.486 bits per heavy atom. The molecule has 0 aromatic heterocycles. The zero-order valence-electron chi connectivity index (χ0n) is 50.1. The molecule has 436 valence electrons. The Balaban J connectivity index is 4.01. The molecule has 1 atom stereocenters. The van der Waals surface area contributed by atoms with Gasteiger partial charge in [-0.05, 0) is 51.4 Å². The van der Waals surface area contributed by atoms with E-state index < -0.39 is 6.10 Å². The maximum absolute atomic E-state index is 12.8. The van der Waals surface area contributed by atoms with Gasteiger partial charge in [-0.1, -0.05) is 328 Å². The Bertz CT molecular complexity index is 1190. The number of carbonyl (C=O) groups is 3. The number of allylic oxidation sites excluding steroid dienone is 4. The van der Waals surface area contributed by atoms with Crippen molar-refractivity contribution in [3.8, 4) is 0 Å². The molecule has 0 rings (SSSR count). The third kappa shape index (κ3) is 60.8. The molecule has 0 bridgehead atoms. The lowest BCUT2D eigenvalue weighted by atomic mass is 10.0. The highest BCUT2D eigenvalue weighted by atomic mass is 16.6. The van der Waals surface area contributed by atoms with Crippen LogP contribution in [0.15, 0.2) is 24.3 Å². The van der Waals surface area contributed by atoms with Crippen LogP contribution >= 0.6 is 0 Å². The average Bonchev–Trinajstić information content (AvgIpc) is 3.40. The molecule has 6 heteroatoms. The van der Waals surface area contributed by atoms with Gasteiger partial charge in [0.15, 0.2) is 6.10 Å². The first kappa shape index (κ1) is 71.9. The zero-order valence-corrected chi connectivity index (χ0v) is 50.1. The molecular weight excluding hydrogens is 913 g/mol. The summed E-state index contributed by atoms with van der Waals surface area (Å²) in [5.74, 6) is -0.858. The minimum Gasteiger partial charge on any atom is -0.462 e. The van der Waals surface area contributed by atoms with Crippen molar-refractivity contribution in [2.24, 2.45) is 0 Å². The minimum absolute atomic E-state index is 0.0693. The second-order valence-electron chi connectivity index (χ2n) is 22.7. The molecule has 0 radical (unpaired) electrons. The van der Waals surface area contributed by atoms with E-state index >= 15 is 0 Å². The molecule has 0 saturated heterocycles. The lowest BCUT2D eigenvalue weighted by Crippen LogP contribution is -2.30. The molecule has 0 fully saturated rings.